The molecule has 1 aliphatic heterocycles. The fourth-order valence-electron chi connectivity index (χ4n) is 1.46. The minimum Gasteiger partial charge on any atom is -0.354 e. The third kappa shape index (κ3) is 1.25. The maximum atomic E-state index is 12.5. The van der Waals surface area contributed by atoms with E-state index in [-0.39, 0.29) is 12.3 Å². The number of alkyl halides is 2. The first-order valence-corrected chi connectivity index (χ1v) is 3.89. The van der Waals surface area contributed by atoms with E-state index in [1.807, 2.05) is 0 Å². The number of nitrogens with one attached hydrogen (secondary N) is 1. The lowest BCUT2D eigenvalue weighted by Gasteiger charge is -2.46. The smallest absolute Gasteiger partial charge is 0.283 e. The summed E-state index contributed by atoms with van der Waals surface area (Å²) < 4.78 is 30.1. The van der Waals surface area contributed by atoms with Gasteiger partial charge in [0.15, 0.2) is 0 Å². The van der Waals surface area contributed by atoms with Crippen LogP contribution in [0.1, 0.15) is 19.3 Å². The van der Waals surface area contributed by atoms with Gasteiger partial charge in [-0.1, -0.05) is 0 Å². The molecule has 0 unspecified atom stereocenters. The van der Waals surface area contributed by atoms with Gasteiger partial charge >= 0.3 is 0 Å². The van der Waals surface area contributed by atoms with Crippen molar-refractivity contribution in [1.29, 1.82) is 0 Å². The van der Waals surface area contributed by atoms with Crippen LogP contribution in [0.4, 0.5) is 8.78 Å². The van der Waals surface area contributed by atoms with Gasteiger partial charge in [-0.15, -0.1) is 0 Å². The second-order valence-corrected chi connectivity index (χ2v) is 3.35. The molecule has 4 heteroatoms. The quantitative estimate of drug-likeness (QED) is 0.577. The molecule has 64 valence electrons. The van der Waals surface area contributed by atoms with Crippen LogP contribution in [0.2, 0.25) is 0 Å². The zero-order valence-electron chi connectivity index (χ0n) is 6.20. The molecule has 1 saturated heterocycles. The van der Waals surface area contributed by atoms with Gasteiger partial charge in [0.1, 0.15) is 12.3 Å². The van der Waals surface area contributed by atoms with Crippen LogP contribution in [0.5, 0.6) is 0 Å². The van der Waals surface area contributed by atoms with Crippen molar-refractivity contribution in [3.05, 3.63) is 0 Å². The molecular weight excluding hydrogens is 152 g/mol. The lowest BCUT2D eigenvalue weighted by Crippen LogP contribution is -2.62. The van der Waals surface area contributed by atoms with E-state index in [9.17, 15) is 8.78 Å². The van der Waals surface area contributed by atoms with Crippen LogP contribution in [-0.4, -0.2) is 24.8 Å². The Kier molecular flexibility index (Phi) is 1.44. The van der Waals surface area contributed by atoms with Crippen molar-refractivity contribution in [2.75, 3.05) is 13.2 Å². The monoisotopic (exact) mass is 163 g/mol. The summed E-state index contributed by atoms with van der Waals surface area (Å²) in [6.07, 6.45) is 2.84. The third-order valence-electron chi connectivity index (χ3n) is 2.39. The minimum atomic E-state index is -2.67. The standard InChI is InChI=1S/C7H11F2NO/c8-6(9)4-10-7(11-5-6)2-1-3-7/h10H,1-5H2. The molecule has 0 aromatic carbocycles. The third-order valence-corrected chi connectivity index (χ3v) is 2.39. The van der Waals surface area contributed by atoms with Gasteiger partial charge < -0.3 is 4.74 Å². The number of halogens is 2. The first-order chi connectivity index (χ1) is 5.12. The Morgan fingerprint density at radius 1 is 1.27 bits per heavy atom. The largest absolute Gasteiger partial charge is 0.354 e. The van der Waals surface area contributed by atoms with E-state index in [0.717, 1.165) is 19.3 Å². The highest BCUT2D eigenvalue weighted by molar-refractivity contribution is 4.93. The summed E-state index contributed by atoms with van der Waals surface area (Å²) in [5, 5.41) is 2.75. The maximum Gasteiger partial charge on any atom is 0.283 e. The topological polar surface area (TPSA) is 21.3 Å². The van der Waals surface area contributed by atoms with E-state index < -0.39 is 12.5 Å². The van der Waals surface area contributed by atoms with Crippen molar-refractivity contribution < 1.29 is 13.5 Å². The molecular formula is C7H11F2NO. The molecule has 1 N–H and O–H groups in total. The lowest BCUT2D eigenvalue weighted by atomic mass is 9.87. The molecule has 2 fully saturated rings. The average molecular weight is 163 g/mol. The predicted octanol–water partition coefficient (Wildman–Crippen LogP) is 1.12. The Bertz CT molecular complexity index is 156. The van der Waals surface area contributed by atoms with Gasteiger partial charge in [0.05, 0.1) is 6.54 Å². The molecule has 11 heavy (non-hydrogen) atoms. The van der Waals surface area contributed by atoms with Gasteiger partial charge in [0.25, 0.3) is 5.92 Å². The first kappa shape index (κ1) is 7.43. The molecule has 0 bridgehead atoms. The van der Waals surface area contributed by atoms with E-state index in [0.29, 0.717) is 0 Å². The first-order valence-electron chi connectivity index (χ1n) is 3.89. The van der Waals surface area contributed by atoms with Gasteiger partial charge in [-0.2, -0.15) is 0 Å². The summed E-state index contributed by atoms with van der Waals surface area (Å²) in [5.74, 6) is -2.67. The van der Waals surface area contributed by atoms with Crippen LogP contribution in [0, 0.1) is 0 Å². The van der Waals surface area contributed by atoms with Crippen molar-refractivity contribution in [2.24, 2.45) is 0 Å². The molecule has 0 atom stereocenters. The maximum absolute atomic E-state index is 12.5. The molecule has 2 rings (SSSR count). The highest BCUT2D eigenvalue weighted by Crippen LogP contribution is 2.37. The molecule has 1 aliphatic carbocycles. The van der Waals surface area contributed by atoms with Gasteiger partial charge in [0.2, 0.25) is 0 Å². The number of ether oxygens (including phenoxy) is 1. The van der Waals surface area contributed by atoms with Crippen LogP contribution in [-0.2, 0) is 4.74 Å². The summed E-state index contributed by atoms with van der Waals surface area (Å²) in [6, 6.07) is 0. The molecule has 2 aliphatic rings. The van der Waals surface area contributed by atoms with Crippen LogP contribution in [0.15, 0.2) is 0 Å². The summed E-state index contributed by atoms with van der Waals surface area (Å²) in [6.45, 7) is -0.646. The molecule has 0 amide bonds. The molecule has 1 spiro atoms. The second-order valence-electron chi connectivity index (χ2n) is 3.35. The second kappa shape index (κ2) is 2.14. The number of rotatable bonds is 0. The Morgan fingerprint density at radius 3 is 2.36 bits per heavy atom. The molecule has 1 heterocycles. The van der Waals surface area contributed by atoms with Crippen molar-refractivity contribution >= 4 is 0 Å². The van der Waals surface area contributed by atoms with Crippen molar-refractivity contribution in [1.82, 2.24) is 5.32 Å². The van der Waals surface area contributed by atoms with Crippen LogP contribution < -0.4 is 5.32 Å². The Balaban J connectivity index is 1.94. The van der Waals surface area contributed by atoms with E-state index in [4.69, 9.17) is 4.74 Å². The zero-order valence-corrected chi connectivity index (χ0v) is 6.20. The van der Waals surface area contributed by atoms with Gasteiger partial charge in [0, 0.05) is 0 Å². The molecule has 0 radical (unpaired) electrons. The summed E-state index contributed by atoms with van der Waals surface area (Å²) >= 11 is 0. The number of hydrogen-bond donors (Lipinski definition) is 1. The highest BCUT2D eigenvalue weighted by Gasteiger charge is 2.47. The van der Waals surface area contributed by atoms with Crippen molar-refractivity contribution in [2.45, 2.75) is 30.9 Å². The SMILES string of the molecule is FC1(F)CNC2(CCC2)OC1. The van der Waals surface area contributed by atoms with Gasteiger partial charge in [-0.25, -0.2) is 8.78 Å². The van der Waals surface area contributed by atoms with Crippen molar-refractivity contribution in [3.63, 3.8) is 0 Å². The number of hydrogen-bond acceptors (Lipinski definition) is 2. The summed E-state index contributed by atoms with van der Waals surface area (Å²) in [5.41, 5.74) is -0.373. The van der Waals surface area contributed by atoms with Crippen LogP contribution in [0.25, 0.3) is 0 Å². The van der Waals surface area contributed by atoms with Gasteiger partial charge in [-0.05, 0) is 19.3 Å². The Morgan fingerprint density at radius 2 is 2.00 bits per heavy atom. The van der Waals surface area contributed by atoms with E-state index in [2.05, 4.69) is 5.32 Å². The van der Waals surface area contributed by atoms with Gasteiger partial charge in [-0.3, -0.25) is 5.32 Å². The Hall–Kier alpha value is -0.220. The summed E-state index contributed by atoms with van der Waals surface area (Å²) in [4.78, 5) is 0. The van der Waals surface area contributed by atoms with E-state index in [1.165, 1.54) is 0 Å². The van der Waals surface area contributed by atoms with Crippen LogP contribution >= 0.6 is 0 Å². The molecule has 0 aromatic rings. The lowest BCUT2D eigenvalue weighted by molar-refractivity contribution is -0.220. The normalized spacial score (nSPS) is 33.3. The van der Waals surface area contributed by atoms with E-state index >= 15 is 0 Å². The Labute approximate surface area is 63.9 Å². The molecule has 2 nitrogen and oxygen atoms in total. The van der Waals surface area contributed by atoms with Crippen LogP contribution in [0.3, 0.4) is 0 Å². The van der Waals surface area contributed by atoms with E-state index in [1.54, 1.807) is 0 Å². The fourth-order valence-corrected chi connectivity index (χ4v) is 1.46. The summed E-state index contributed by atoms with van der Waals surface area (Å²) in [7, 11) is 0. The predicted molar refractivity (Wildman–Crippen MR) is 35.5 cm³/mol. The zero-order chi connectivity index (χ0) is 7.95. The fraction of sp³-hybridized carbons (Fsp3) is 1.00. The molecule has 1 saturated carbocycles. The van der Waals surface area contributed by atoms with Crippen molar-refractivity contribution in [3.8, 4) is 0 Å². The average Bonchev–Trinajstić information content (AvgIpc) is 1.84. The molecule has 0 aromatic heterocycles. The minimum absolute atomic E-state index is 0.229. The highest BCUT2D eigenvalue weighted by atomic mass is 19.3.